The number of carbonyl (C=O) groups is 1. The molecule has 0 radical (unpaired) electrons. The Morgan fingerprint density at radius 3 is 2.89 bits per heavy atom. The van der Waals surface area contributed by atoms with Gasteiger partial charge in [-0.15, -0.1) is 0 Å². The summed E-state index contributed by atoms with van der Waals surface area (Å²) in [5.41, 5.74) is 7.50. The third kappa shape index (κ3) is 3.03. The van der Waals surface area contributed by atoms with Crippen LogP contribution in [0.15, 0.2) is 24.3 Å². The lowest BCUT2D eigenvalue weighted by molar-refractivity contribution is 0.0473. The highest BCUT2D eigenvalue weighted by Gasteiger charge is 2.17. The number of hydrogen-bond acceptors (Lipinski definition) is 6. The van der Waals surface area contributed by atoms with E-state index in [4.69, 9.17) is 15.2 Å². The van der Waals surface area contributed by atoms with E-state index < -0.39 is 5.97 Å². The number of nitrogens with zero attached hydrogens (tertiary/aromatic N) is 1. The van der Waals surface area contributed by atoms with Crippen molar-refractivity contribution in [3.8, 4) is 5.75 Å². The topological polar surface area (TPSA) is 74.4 Å². The number of ether oxygens (including phenoxy) is 2. The zero-order valence-corrected chi connectivity index (χ0v) is 11.5. The first kappa shape index (κ1) is 13.4. The molecule has 0 aliphatic rings. The minimum absolute atomic E-state index is 0.171. The summed E-state index contributed by atoms with van der Waals surface area (Å²) in [4.78, 5) is 11.9. The van der Waals surface area contributed by atoms with Gasteiger partial charge in [0.25, 0.3) is 0 Å². The Labute approximate surface area is 115 Å². The van der Waals surface area contributed by atoms with E-state index in [1.54, 1.807) is 14.0 Å². The fourth-order valence-electron chi connectivity index (χ4n) is 1.62. The molecular weight excluding hydrogens is 264 g/mol. The Balaban J connectivity index is 2.04. The van der Waals surface area contributed by atoms with Crippen molar-refractivity contribution in [2.24, 2.45) is 0 Å². The van der Waals surface area contributed by atoms with Crippen molar-refractivity contribution in [1.82, 2.24) is 4.37 Å². The molecular formula is C13H14N2O3S. The lowest BCUT2D eigenvalue weighted by atomic mass is 10.2. The maximum absolute atomic E-state index is 11.9. The molecule has 0 atom stereocenters. The van der Waals surface area contributed by atoms with Gasteiger partial charge in [0.15, 0.2) is 0 Å². The van der Waals surface area contributed by atoms with Crippen LogP contribution in [0.1, 0.15) is 21.6 Å². The van der Waals surface area contributed by atoms with E-state index in [1.165, 1.54) is 0 Å². The van der Waals surface area contributed by atoms with Crippen LogP contribution >= 0.6 is 11.5 Å². The van der Waals surface area contributed by atoms with Crippen molar-refractivity contribution in [3.63, 3.8) is 0 Å². The van der Waals surface area contributed by atoms with Crippen LogP contribution in [-0.4, -0.2) is 17.5 Å². The smallest absolute Gasteiger partial charge is 0.343 e. The van der Waals surface area contributed by atoms with Crippen molar-refractivity contribution in [2.75, 3.05) is 12.8 Å². The van der Waals surface area contributed by atoms with Gasteiger partial charge in [-0.25, -0.2) is 4.79 Å². The van der Waals surface area contributed by atoms with Gasteiger partial charge in [0.2, 0.25) is 0 Å². The molecule has 0 saturated carbocycles. The molecule has 0 aliphatic carbocycles. The minimum atomic E-state index is -0.452. The molecule has 5 nitrogen and oxygen atoms in total. The Morgan fingerprint density at radius 2 is 2.26 bits per heavy atom. The molecule has 0 unspecified atom stereocenters. The Morgan fingerprint density at radius 1 is 1.47 bits per heavy atom. The van der Waals surface area contributed by atoms with Crippen LogP contribution in [0.25, 0.3) is 0 Å². The van der Waals surface area contributed by atoms with Crippen molar-refractivity contribution < 1.29 is 14.3 Å². The minimum Gasteiger partial charge on any atom is -0.497 e. The summed E-state index contributed by atoms with van der Waals surface area (Å²) in [6, 6.07) is 7.34. The molecule has 2 aromatic rings. The molecule has 1 aromatic carbocycles. The number of esters is 1. The van der Waals surface area contributed by atoms with Gasteiger partial charge in [0, 0.05) is 0 Å². The summed E-state index contributed by atoms with van der Waals surface area (Å²) in [5.74, 6) is 0.271. The average Bonchev–Trinajstić information content (AvgIpc) is 2.76. The third-order valence-electron chi connectivity index (χ3n) is 2.60. The van der Waals surface area contributed by atoms with E-state index in [2.05, 4.69) is 4.37 Å². The molecule has 2 N–H and O–H groups in total. The van der Waals surface area contributed by atoms with Gasteiger partial charge >= 0.3 is 5.97 Å². The van der Waals surface area contributed by atoms with Crippen LogP contribution in [0.4, 0.5) is 5.00 Å². The van der Waals surface area contributed by atoms with Crippen LogP contribution in [0.5, 0.6) is 5.75 Å². The van der Waals surface area contributed by atoms with Crippen molar-refractivity contribution in [2.45, 2.75) is 13.5 Å². The maximum atomic E-state index is 11.9. The van der Waals surface area contributed by atoms with Crippen molar-refractivity contribution >= 4 is 22.5 Å². The normalized spacial score (nSPS) is 10.2. The van der Waals surface area contributed by atoms with Crippen LogP contribution < -0.4 is 10.5 Å². The molecule has 100 valence electrons. The molecule has 0 fully saturated rings. The molecule has 0 spiro atoms. The zero-order chi connectivity index (χ0) is 13.8. The predicted molar refractivity (Wildman–Crippen MR) is 73.4 cm³/mol. The van der Waals surface area contributed by atoms with Crippen LogP contribution in [0.3, 0.4) is 0 Å². The van der Waals surface area contributed by atoms with Gasteiger partial charge in [-0.2, -0.15) is 4.37 Å². The van der Waals surface area contributed by atoms with Gasteiger partial charge in [-0.05, 0) is 36.2 Å². The number of nitrogens with two attached hydrogens (primary N) is 1. The number of aryl methyl sites for hydroxylation is 1. The Bertz CT molecular complexity index is 576. The second kappa shape index (κ2) is 5.71. The molecule has 0 aliphatic heterocycles. The number of benzene rings is 1. The van der Waals surface area contributed by atoms with E-state index in [1.807, 2.05) is 24.3 Å². The molecule has 1 aromatic heterocycles. The van der Waals surface area contributed by atoms with Gasteiger partial charge in [0.05, 0.1) is 12.8 Å². The van der Waals surface area contributed by atoms with Crippen molar-refractivity contribution in [1.29, 1.82) is 0 Å². The number of methoxy groups -OCH3 is 1. The number of carbonyl (C=O) groups excluding carboxylic acids is 1. The molecule has 1 heterocycles. The maximum Gasteiger partial charge on any atom is 0.343 e. The largest absolute Gasteiger partial charge is 0.497 e. The summed E-state index contributed by atoms with van der Waals surface area (Å²) >= 11 is 1.09. The van der Waals surface area contributed by atoms with Gasteiger partial charge in [0.1, 0.15) is 22.9 Å². The predicted octanol–water partition coefficient (Wildman–Crippen LogP) is 2.40. The molecule has 19 heavy (non-hydrogen) atoms. The van der Waals surface area contributed by atoms with Crippen LogP contribution in [0.2, 0.25) is 0 Å². The number of anilines is 1. The first-order valence-corrected chi connectivity index (χ1v) is 6.41. The SMILES string of the molecule is COc1cccc(COC(=O)c2c(C)nsc2N)c1. The summed E-state index contributed by atoms with van der Waals surface area (Å²) in [6.07, 6.45) is 0. The summed E-state index contributed by atoms with van der Waals surface area (Å²) < 4.78 is 14.3. The standard InChI is InChI=1S/C13H14N2O3S/c1-8-11(12(14)19-15-8)13(16)18-7-9-4-3-5-10(6-9)17-2/h3-6H,7,14H2,1-2H3. The highest BCUT2D eigenvalue weighted by Crippen LogP contribution is 2.22. The lowest BCUT2D eigenvalue weighted by Crippen LogP contribution is -2.08. The monoisotopic (exact) mass is 278 g/mol. The number of aromatic nitrogens is 1. The van der Waals surface area contributed by atoms with Crippen molar-refractivity contribution in [3.05, 3.63) is 41.1 Å². The lowest BCUT2D eigenvalue weighted by Gasteiger charge is -2.06. The first-order chi connectivity index (χ1) is 9.11. The average molecular weight is 278 g/mol. The quantitative estimate of drug-likeness (QED) is 0.869. The first-order valence-electron chi connectivity index (χ1n) is 5.63. The van der Waals surface area contributed by atoms with E-state index in [-0.39, 0.29) is 6.61 Å². The number of rotatable bonds is 4. The van der Waals surface area contributed by atoms with E-state index in [0.717, 1.165) is 22.8 Å². The molecule has 0 amide bonds. The van der Waals surface area contributed by atoms with Crippen LogP contribution in [0, 0.1) is 6.92 Å². The summed E-state index contributed by atoms with van der Waals surface area (Å²) in [6.45, 7) is 1.90. The van der Waals surface area contributed by atoms with E-state index >= 15 is 0 Å². The summed E-state index contributed by atoms with van der Waals surface area (Å²) in [5, 5.41) is 0.383. The molecule has 2 rings (SSSR count). The van der Waals surface area contributed by atoms with Gasteiger partial charge in [-0.3, -0.25) is 0 Å². The zero-order valence-electron chi connectivity index (χ0n) is 10.7. The second-order valence-corrected chi connectivity index (χ2v) is 4.74. The second-order valence-electron chi connectivity index (χ2n) is 3.93. The summed E-state index contributed by atoms with van der Waals surface area (Å²) in [7, 11) is 1.59. The van der Waals surface area contributed by atoms with Gasteiger partial charge in [-0.1, -0.05) is 12.1 Å². The highest BCUT2D eigenvalue weighted by molar-refractivity contribution is 7.10. The fourth-order valence-corrected chi connectivity index (χ4v) is 2.27. The molecule has 0 saturated heterocycles. The number of hydrogen-bond donors (Lipinski definition) is 1. The Hall–Kier alpha value is -2.08. The molecule has 0 bridgehead atoms. The number of nitrogen functional groups attached to an aromatic ring is 1. The Kier molecular flexibility index (Phi) is 4.01. The highest BCUT2D eigenvalue weighted by atomic mass is 32.1. The fraction of sp³-hybridized carbons (Fsp3) is 0.231. The van der Waals surface area contributed by atoms with E-state index in [9.17, 15) is 4.79 Å². The third-order valence-corrected chi connectivity index (χ3v) is 3.36. The van der Waals surface area contributed by atoms with Crippen LogP contribution in [-0.2, 0) is 11.3 Å². The molecule has 6 heteroatoms. The van der Waals surface area contributed by atoms with E-state index in [0.29, 0.717) is 16.3 Å². The van der Waals surface area contributed by atoms with Gasteiger partial charge < -0.3 is 15.2 Å².